The quantitative estimate of drug-likeness (QED) is 0.707. The molecule has 0 aromatic heterocycles. The predicted octanol–water partition coefficient (Wildman–Crippen LogP) is 0.00520. The van der Waals surface area contributed by atoms with Crippen LogP contribution >= 0.6 is 0 Å². The van der Waals surface area contributed by atoms with Gasteiger partial charge in [0.05, 0.1) is 5.75 Å². The van der Waals surface area contributed by atoms with Crippen molar-refractivity contribution in [1.29, 1.82) is 0 Å². The minimum Gasteiger partial charge on any atom is -0.330 e. The number of nitrogens with two attached hydrogens (primary N) is 1. The number of sulfonamides is 1. The van der Waals surface area contributed by atoms with Crippen molar-refractivity contribution in [3.63, 3.8) is 0 Å². The van der Waals surface area contributed by atoms with Crippen molar-refractivity contribution < 1.29 is 8.42 Å². The summed E-state index contributed by atoms with van der Waals surface area (Å²) in [6.07, 6.45) is 0.899. The van der Waals surface area contributed by atoms with E-state index >= 15 is 0 Å². The maximum absolute atomic E-state index is 11.6. The first-order chi connectivity index (χ1) is 6.01. The molecule has 5 heteroatoms. The molecule has 13 heavy (non-hydrogen) atoms. The Morgan fingerprint density at radius 1 is 1.54 bits per heavy atom. The largest absolute Gasteiger partial charge is 0.330 e. The Bertz CT molecular complexity index is 263. The highest BCUT2D eigenvalue weighted by Gasteiger charge is 2.35. The summed E-state index contributed by atoms with van der Waals surface area (Å²) in [6, 6.07) is 0.124. The maximum atomic E-state index is 11.6. The lowest BCUT2D eigenvalue weighted by atomic mass is 10.1. The SMILES string of the molecule is CCS(=O)(=O)N1CC(CN)CC1C. The first-order valence-corrected chi connectivity index (χ1v) is 6.31. The molecule has 1 fully saturated rings. The molecule has 1 aliphatic rings. The molecular formula is C8H18N2O2S. The number of hydrogen-bond donors (Lipinski definition) is 1. The zero-order valence-corrected chi connectivity index (χ0v) is 9.05. The van der Waals surface area contributed by atoms with Crippen LogP contribution < -0.4 is 5.73 Å². The second-order valence-corrected chi connectivity index (χ2v) is 5.87. The van der Waals surface area contributed by atoms with Gasteiger partial charge < -0.3 is 5.73 Å². The Hall–Kier alpha value is -0.130. The molecule has 0 aromatic carbocycles. The molecule has 0 aliphatic carbocycles. The Labute approximate surface area is 80.1 Å². The van der Waals surface area contributed by atoms with Gasteiger partial charge in [-0.1, -0.05) is 0 Å². The Balaban J connectivity index is 2.73. The molecule has 78 valence electrons. The monoisotopic (exact) mass is 206 g/mol. The van der Waals surface area contributed by atoms with Gasteiger partial charge in [-0.2, -0.15) is 4.31 Å². The van der Waals surface area contributed by atoms with Crippen LogP contribution in [0.25, 0.3) is 0 Å². The zero-order valence-electron chi connectivity index (χ0n) is 8.23. The van der Waals surface area contributed by atoms with E-state index < -0.39 is 10.0 Å². The molecule has 0 saturated carbocycles. The minimum atomic E-state index is -3.01. The van der Waals surface area contributed by atoms with Crippen LogP contribution in [-0.4, -0.2) is 37.6 Å². The summed E-state index contributed by atoms with van der Waals surface area (Å²) in [5, 5.41) is 0. The van der Waals surface area contributed by atoms with E-state index in [-0.39, 0.29) is 11.8 Å². The summed E-state index contributed by atoms with van der Waals surface area (Å²) < 4.78 is 24.7. The fraction of sp³-hybridized carbons (Fsp3) is 1.00. The average Bonchev–Trinajstić information content (AvgIpc) is 2.47. The number of nitrogens with zero attached hydrogens (tertiary/aromatic N) is 1. The molecule has 1 saturated heterocycles. The van der Waals surface area contributed by atoms with Gasteiger partial charge in [0.25, 0.3) is 0 Å². The van der Waals surface area contributed by atoms with Crippen molar-refractivity contribution in [3.05, 3.63) is 0 Å². The van der Waals surface area contributed by atoms with Gasteiger partial charge in [0, 0.05) is 12.6 Å². The third-order valence-corrected chi connectivity index (χ3v) is 4.61. The van der Waals surface area contributed by atoms with Crippen molar-refractivity contribution in [3.8, 4) is 0 Å². The van der Waals surface area contributed by atoms with E-state index in [0.29, 0.717) is 19.0 Å². The zero-order chi connectivity index (χ0) is 10.1. The second kappa shape index (κ2) is 3.94. The second-order valence-electron chi connectivity index (χ2n) is 3.66. The third-order valence-electron chi connectivity index (χ3n) is 2.66. The molecule has 1 rings (SSSR count). The molecule has 2 unspecified atom stereocenters. The standard InChI is InChI=1S/C8H18N2O2S/c1-3-13(11,12)10-6-8(5-9)4-7(10)2/h7-8H,3-6,9H2,1-2H3. The summed E-state index contributed by atoms with van der Waals surface area (Å²) in [4.78, 5) is 0. The number of rotatable bonds is 3. The fourth-order valence-corrected chi connectivity index (χ4v) is 3.24. The van der Waals surface area contributed by atoms with E-state index in [4.69, 9.17) is 5.73 Å². The lowest BCUT2D eigenvalue weighted by molar-refractivity contribution is 0.405. The van der Waals surface area contributed by atoms with E-state index in [9.17, 15) is 8.42 Å². The topological polar surface area (TPSA) is 63.4 Å². The molecule has 1 heterocycles. The van der Waals surface area contributed by atoms with Crippen molar-refractivity contribution in [2.75, 3.05) is 18.8 Å². The molecule has 0 radical (unpaired) electrons. The average molecular weight is 206 g/mol. The fourth-order valence-electron chi connectivity index (χ4n) is 1.83. The normalized spacial score (nSPS) is 31.0. The Morgan fingerprint density at radius 3 is 2.54 bits per heavy atom. The van der Waals surface area contributed by atoms with E-state index in [1.54, 1.807) is 11.2 Å². The molecular weight excluding hydrogens is 188 g/mol. The van der Waals surface area contributed by atoms with Gasteiger partial charge in [-0.05, 0) is 32.7 Å². The van der Waals surface area contributed by atoms with E-state index in [0.717, 1.165) is 6.42 Å². The van der Waals surface area contributed by atoms with Crippen LogP contribution in [0.2, 0.25) is 0 Å². The van der Waals surface area contributed by atoms with Crippen LogP contribution in [0.3, 0.4) is 0 Å². The van der Waals surface area contributed by atoms with Gasteiger partial charge in [0.15, 0.2) is 0 Å². The Kier molecular flexibility index (Phi) is 3.32. The number of hydrogen-bond acceptors (Lipinski definition) is 3. The summed E-state index contributed by atoms with van der Waals surface area (Å²) in [6.45, 7) is 4.81. The van der Waals surface area contributed by atoms with Gasteiger partial charge in [-0.15, -0.1) is 0 Å². The first kappa shape index (κ1) is 10.9. The highest BCUT2D eigenvalue weighted by molar-refractivity contribution is 7.89. The van der Waals surface area contributed by atoms with E-state index in [1.165, 1.54) is 0 Å². The van der Waals surface area contributed by atoms with Gasteiger partial charge in [0.2, 0.25) is 10.0 Å². The van der Waals surface area contributed by atoms with Crippen molar-refractivity contribution in [2.24, 2.45) is 11.7 Å². The molecule has 0 aromatic rings. The van der Waals surface area contributed by atoms with Crippen LogP contribution in [0.1, 0.15) is 20.3 Å². The van der Waals surface area contributed by atoms with Crippen molar-refractivity contribution in [1.82, 2.24) is 4.31 Å². The molecule has 4 nitrogen and oxygen atoms in total. The molecule has 0 amide bonds. The van der Waals surface area contributed by atoms with Gasteiger partial charge in [-0.25, -0.2) is 8.42 Å². The van der Waals surface area contributed by atoms with Crippen molar-refractivity contribution in [2.45, 2.75) is 26.3 Å². The van der Waals surface area contributed by atoms with Crippen LogP contribution in [-0.2, 0) is 10.0 Å². The lowest BCUT2D eigenvalue weighted by Crippen LogP contribution is -2.35. The Morgan fingerprint density at radius 2 is 2.15 bits per heavy atom. The molecule has 0 bridgehead atoms. The van der Waals surface area contributed by atoms with Crippen molar-refractivity contribution >= 4 is 10.0 Å². The molecule has 2 atom stereocenters. The van der Waals surface area contributed by atoms with E-state index in [2.05, 4.69) is 0 Å². The smallest absolute Gasteiger partial charge is 0.214 e. The lowest BCUT2D eigenvalue weighted by Gasteiger charge is -2.19. The van der Waals surface area contributed by atoms with Gasteiger partial charge >= 0.3 is 0 Å². The van der Waals surface area contributed by atoms with Gasteiger partial charge in [0.1, 0.15) is 0 Å². The van der Waals surface area contributed by atoms with Crippen LogP contribution in [0.5, 0.6) is 0 Å². The van der Waals surface area contributed by atoms with Gasteiger partial charge in [-0.3, -0.25) is 0 Å². The van der Waals surface area contributed by atoms with Crippen LogP contribution in [0, 0.1) is 5.92 Å². The first-order valence-electron chi connectivity index (χ1n) is 4.70. The summed E-state index contributed by atoms with van der Waals surface area (Å²) in [5.74, 6) is 0.533. The summed E-state index contributed by atoms with van der Waals surface area (Å²) in [7, 11) is -3.01. The maximum Gasteiger partial charge on any atom is 0.214 e. The molecule has 2 N–H and O–H groups in total. The summed E-state index contributed by atoms with van der Waals surface area (Å²) in [5.41, 5.74) is 5.52. The van der Waals surface area contributed by atoms with Crippen LogP contribution in [0.15, 0.2) is 0 Å². The van der Waals surface area contributed by atoms with Crippen LogP contribution in [0.4, 0.5) is 0 Å². The minimum absolute atomic E-state index is 0.124. The predicted molar refractivity (Wildman–Crippen MR) is 52.8 cm³/mol. The molecule has 1 aliphatic heterocycles. The van der Waals surface area contributed by atoms with E-state index in [1.807, 2.05) is 6.92 Å². The third kappa shape index (κ3) is 2.21. The highest BCUT2D eigenvalue weighted by Crippen LogP contribution is 2.24. The molecule has 0 spiro atoms. The summed E-state index contributed by atoms with van der Waals surface area (Å²) >= 11 is 0. The highest BCUT2D eigenvalue weighted by atomic mass is 32.2.